The normalized spacial score (nSPS) is 9.92. The summed E-state index contributed by atoms with van der Waals surface area (Å²) in [5.74, 6) is 0. The van der Waals surface area contributed by atoms with Gasteiger partial charge < -0.3 is 56.3 Å². The molecule has 0 bridgehead atoms. The molecule has 0 aliphatic rings. The smallest absolute Gasteiger partial charge is 0.408 e. The molecule has 0 atom stereocenters. The van der Waals surface area contributed by atoms with Crippen molar-refractivity contribution in [2.45, 2.75) is 66.3 Å². The van der Waals surface area contributed by atoms with Crippen molar-refractivity contribution in [2.24, 2.45) is 0 Å². The number of nitrogens with zero attached hydrogens (tertiary/aromatic N) is 4. The minimum Gasteiger partial charge on any atom is -0.433 e. The summed E-state index contributed by atoms with van der Waals surface area (Å²) in [6.07, 6.45) is 3.60. The molecule has 4 aromatic rings. The number of aliphatic hydroxyl groups is 3. The molecule has 11 N–H and O–H groups in total. The van der Waals surface area contributed by atoms with Gasteiger partial charge in [-0.05, 0) is 46.6 Å². The third kappa shape index (κ3) is 20.9. The first-order valence-corrected chi connectivity index (χ1v) is 18.8. The summed E-state index contributed by atoms with van der Waals surface area (Å²) in [6, 6.07) is 0. The third-order valence-corrected chi connectivity index (χ3v) is 8.51. The molecule has 0 fully saturated rings. The van der Waals surface area contributed by atoms with Gasteiger partial charge in [-0.15, -0.1) is 45.3 Å². The maximum Gasteiger partial charge on any atom is 0.408 e. The van der Waals surface area contributed by atoms with Crippen molar-refractivity contribution in [3.8, 4) is 0 Å². The van der Waals surface area contributed by atoms with E-state index in [1.165, 1.54) is 45.3 Å². The van der Waals surface area contributed by atoms with Gasteiger partial charge in [0.25, 0.3) is 0 Å². The maximum absolute atomic E-state index is 9.01. The molecule has 264 valence electrons. The van der Waals surface area contributed by atoms with Crippen molar-refractivity contribution in [1.29, 1.82) is 0 Å². The van der Waals surface area contributed by atoms with E-state index in [-0.39, 0.29) is 19.8 Å². The lowest BCUT2D eigenvalue weighted by Gasteiger charge is -1.99. The number of hydrogen-bond acceptors (Lipinski definition) is 19. The van der Waals surface area contributed by atoms with E-state index in [1.807, 2.05) is 21.5 Å². The minimum atomic E-state index is -0.585. The first-order chi connectivity index (χ1) is 22.9. The number of hydrogen-bond donors (Lipinski definition) is 11. The predicted octanol–water partition coefficient (Wildman–Crippen LogP) is 2.22. The van der Waals surface area contributed by atoms with Crippen LogP contribution in [0.5, 0.6) is 0 Å². The van der Waals surface area contributed by atoms with Gasteiger partial charge in [-0.25, -0.2) is 19.9 Å². The SMILES string of the molecule is CB(O)Nc1nc(CCCO)cs1.CB(O)Nc1nc(CCO)cs1.CB(O)Nc1nc(CCO)cs1.CCc1csc(NB(C)O)n1. The van der Waals surface area contributed by atoms with Gasteiger partial charge in [-0.1, -0.05) is 6.92 Å². The molecule has 48 heavy (non-hydrogen) atoms. The lowest BCUT2D eigenvalue weighted by atomic mass is 9.90. The van der Waals surface area contributed by atoms with E-state index in [1.54, 1.807) is 27.3 Å². The molecule has 4 heterocycles. The number of aryl methyl sites for hydroxylation is 2. The fourth-order valence-corrected chi connectivity index (χ4v) is 6.56. The average molecular weight is 742 g/mol. The van der Waals surface area contributed by atoms with Gasteiger partial charge in [-0.2, -0.15) is 0 Å². The van der Waals surface area contributed by atoms with Crippen molar-refractivity contribution in [3.63, 3.8) is 0 Å². The van der Waals surface area contributed by atoms with E-state index >= 15 is 0 Å². The van der Waals surface area contributed by atoms with Gasteiger partial charge in [0.05, 0.1) is 22.8 Å². The molecule has 0 saturated carbocycles. The first kappa shape index (κ1) is 43.7. The zero-order valence-corrected chi connectivity index (χ0v) is 31.1. The summed E-state index contributed by atoms with van der Waals surface area (Å²) in [4.78, 5) is 16.7. The summed E-state index contributed by atoms with van der Waals surface area (Å²) in [5.41, 5.74) is 3.73. The molecule has 0 aliphatic heterocycles. The molecule has 0 spiro atoms. The topological polar surface area (TPSA) is 241 Å². The Kier molecular flexibility index (Phi) is 23.4. The van der Waals surface area contributed by atoms with E-state index in [4.69, 9.17) is 35.4 Å². The molecule has 0 aromatic carbocycles. The second-order valence-electron chi connectivity index (χ2n) is 9.99. The Morgan fingerprint density at radius 1 is 0.500 bits per heavy atom. The Morgan fingerprint density at radius 2 is 0.792 bits per heavy atom. The number of aliphatic hydroxyl groups excluding tert-OH is 3. The Bertz CT molecular complexity index is 1310. The fourth-order valence-electron chi connectivity index (χ4n) is 3.20. The fraction of sp³-hybridized carbons (Fsp3) is 0.520. The van der Waals surface area contributed by atoms with E-state index in [2.05, 4.69) is 47.8 Å². The molecule has 4 aromatic heterocycles. The van der Waals surface area contributed by atoms with Gasteiger partial charge in [0, 0.05) is 54.2 Å². The van der Waals surface area contributed by atoms with Crippen molar-refractivity contribution in [2.75, 3.05) is 40.7 Å². The molecular weight excluding hydrogens is 696 g/mol. The van der Waals surface area contributed by atoms with Crippen LogP contribution >= 0.6 is 45.3 Å². The highest BCUT2D eigenvalue weighted by atomic mass is 32.1. The van der Waals surface area contributed by atoms with Crippen LogP contribution in [0.4, 0.5) is 20.5 Å². The van der Waals surface area contributed by atoms with Crippen LogP contribution < -0.4 is 20.9 Å². The maximum atomic E-state index is 9.01. The number of rotatable bonds is 16. The highest BCUT2D eigenvalue weighted by Gasteiger charge is 2.09. The molecule has 0 aliphatic carbocycles. The molecule has 0 saturated heterocycles. The van der Waals surface area contributed by atoms with Crippen molar-refractivity contribution in [3.05, 3.63) is 44.3 Å². The van der Waals surface area contributed by atoms with Crippen LogP contribution in [0.1, 0.15) is 36.1 Å². The average Bonchev–Trinajstić information content (AvgIpc) is 3.82. The lowest BCUT2D eigenvalue weighted by molar-refractivity contribution is 0.288. The molecule has 0 amide bonds. The van der Waals surface area contributed by atoms with Crippen LogP contribution in [0.3, 0.4) is 0 Å². The number of anilines is 4. The van der Waals surface area contributed by atoms with Crippen molar-refractivity contribution in [1.82, 2.24) is 19.9 Å². The van der Waals surface area contributed by atoms with Crippen LogP contribution in [-0.2, 0) is 25.7 Å². The van der Waals surface area contributed by atoms with Gasteiger partial charge in [-0.3, -0.25) is 0 Å². The summed E-state index contributed by atoms with van der Waals surface area (Å²) in [6.45, 7) is 9.05. The quantitative estimate of drug-likeness (QED) is 0.0738. The Hall–Kier alpha value is -2.30. The largest absolute Gasteiger partial charge is 0.433 e. The van der Waals surface area contributed by atoms with Gasteiger partial charge in [0.15, 0.2) is 20.5 Å². The molecule has 0 unspecified atom stereocenters. The predicted molar refractivity (Wildman–Crippen MR) is 205 cm³/mol. The Morgan fingerprint density at radius 3 is 1.04 bits per heavy atom. The summed E-state index contributed by atoms with van der Waals surface area (Å²) in [7, 11) is -2.26. The van der Waals surface area contributed by atoms with Crippen LogP contribution in [0.15, 0.2) is 21.5 Å². The number of nitrogens with one attached hydrogen (secondary N) is 4. The molecule has 23 heteroatoms. The first-order valence-electron chi connectivity index (χ1n) is 15.3. The zero-order chi connectivity index (χ0) is 35.9. The van der Waals surface area contributed by atoms with Gasteiger partial charge in [0.1, 0.15) is 0 Å². The molecule has 4 rings (SSSR count). The zero-order valence-electron chi connectivity index (χ0n) is 27.8. The van der Waals surface area contributed by atoms with Crippen molar-refractivity contribution >= 4 is 94.1 Å². The molecule has 15 nitrogen and oxygen atoms in total. The van der Waals surface area contributed by atoms with Crippen LogP contribution in [-0.4, -0.2) is 103 Å². The monoisotopic (exact) mass is 742 g/mol. The number of aromatic nitrogens is 4. The highest BCUT2D eigenvalue weighted by molar-refractivity contribution is 7.15. The molecular formula is C25H46B4N8O7S4. The van der Waals surface area contributed by atoms with Crippen molar-refractivity contribution < 1.29 is 35.4 Å². The standard InChI is InChI=1S/C7H13BN2O2S.2C6H11BN2O2S.C6H11BN2OS/c1-8(12)10-7-9-6(5-13-7)3-2-4-11;2*1-7(11)9-6-8-5(2-3-10)4-12-6;1-3-5-4-11-6(8-5)9-7(2)10/h5,11-12H,2-4H2,1H3,(H,9,10);2*4,10-11H,2-3H2,1H3,(H,8,9);4,10H,3H2,1-2H3,(H,8,9). The Labute approximate surface area is 299 Å². The van der Waals surface area contributed by atoms with Gasteiger partial charge >= 0.3 is 28.2 Å². The summed E-state index contributed by atoms with van der Waals surface area (Å²) in [5, 5.41) is 83.4. The number of thiazole rings is 4. The van der Waals surface area contributed by atoms with E-state index in [0.717, 1.165) is 52.3 Å². The van der Waals surface area contributed by atoms with Crippen LogP contribution in [0.25, 0.3) is 0 Å². The van der Waals surface area contributed by atoms with E-state index in [0.29, 0.717) is 23.1 Å². The summed E-state index contributed by atoms with van der Waals surface area (Å²) < 4.78 is 0. The molecule has 0 radical (unpaired) electrons. The second kappa shape index (κ2) is 25.6. The van der Waals surface area contributed by atoms with E-state index in [9.17, 15) is 0 Å². The van der Waals surface area contributed by atoms with Crippen LogP contribution in [0, 0.1) is 0 Å². The van der Waals surface area contributed by atoms with Crippen LogP contribution in [0.2, 0.25) is 27.3 Å². The summed E-state index contributed by atoms with van der Waals surface area (Å²) >= 11 is 5.83. The Balaban J connectivity index is 0.000000320. The van der Waals surface area contributed by atoms with Gasteiger partial charge in [0.2, 0.25) is 0 Å². The minimum absolute atomic E-state index is 0.109. The third-order valence-electron chi connectivity index (χ3n) is 5.23. The van der Waals surface area contributed by atoms with E-state index < -0.39 is 28.2 Å². The lowest BCUT2D eigenvalue weighted by Crippen LogP contribution is -2.19. The highest BCUT2D eigenvalue weighted by Crippen LogP contribution is 2.18. The second-order valence-corrected chi connectivity index (χ2v) is 13.4.